The van der Waals surface area contributed by atoms with Crippen molar-refractivity contribution in [1.29, 1.82) is 0 Å². The highest BCUT2D eigenvalue weighted by Crippen LogP contribution is 2.21. The Morgan fingerprint density at radius 3 is 1.80 bits per heavy atom. The van der Waals surface area contributed by atoms with E-state index in [0.29, 0.717) is 5.56 Å². The smallest absolute Gasteiger partial charge is 0.199 e. The molecule has 5 nitrogen and oxygen atoms in total. The van der Waals surface area contributed by atoms with Gasteiger partial charge in [0.1, 0.15) is 11.5 Å². The molecule has 0 saturated carbocycles. The zero-order chi connectivity index (χ0) is 20.6. The number of carbonyl (C=O) groups is 1. The Kier molecular flexibility index (Phi) is 7.16. The maximum Gasteiger partial charge on any atom is 0.199 e. The molecule has 4 rings (SSSR count). The van der Waals surface area contributed by atoms with E-state index in [1.165, 1.54) is 0 Å². The van der Waals surface area contributed by atoms with E-state index in [2.05, 4.69) is 0 Å². The summed E-state index contributed by atoms with van der Waals surface area (Å²) in [6, 6.07) is 14.9. The van der Waals surface area contributed by atoms with Crippen molar-refractivity contribution in [2.75, 3.05) is 13.2 Å². The van der Waals surface area contributed by atoms with E-state index in [9.17, 15) is 4.79 Å². The molecule has 0 aliphatic carbocycles. The molecule has 2 fully saturated rings. The van der Waals surface area contributed by atoms with Crippen LogP contribution in [0.2, 0.25) is 0 Å². The fourth-order valence-corrected chi connectivity index (χ4v) is 3.54. The van der Waals surface area contributed by atoms with E-state index >= 15 is 0 Å². The third-order valence-electron chi connectivity index (χ3n) is 5.26. The summed E-state index contributed by atoms with van der Waals surface area (Å²) in [7, 11) is 0. The quantitative estimate of drug-likeness (QED) is 0.454. The van der Waals surface area contributed by atoms with Gasteiger partial charge in [0.2, 0.25) is 0 Å². The Morgan fingerprint density at radius 1 is 0.767 bits per heavy atom. The standard InChI is InChI=1S/C25H28O5/c26-23(20-10-14-22(15-11-20)30-25-6-2-4-18-28-25)16-9-19-7-12-21(13-8-19)29-24-5-1-3-17-27-24/h7-16,24-25H,1-6,17-18H2/b16-9+. The van der Waals surface area contributed by atoms with Crippen molar-refractivity contribution in [2.24, 2.45) is 0 Å². The van der Waals surface area contributed by atoms with Gasteiger partial charge in [-0.3, -0.25) is 4.79 Å². The minimum Gasteiger partial charge on any atom is -0.465 e. The van der Waals surface area contributed by atoms with Crippen LogP contribution in [0.5, 0.6) is 11.5 Å². The van der Waals surface area contributed by atoms with Gasteiger partial charge in [-0.2, -0.15) is 0 Å². The minimum atomic E-state index is -0.183. The molecule has 2 aromatic rings. The third kappa shape index (κ3) is 5.94. The van der Waals surface area contributed by atoms with Crippen molar-refractivity contribution in [1.82, 2.24) is 0 Å². The van der Waals surface area contributed by atoms with Crippen molar-refractivity contribution in [3.05, 3.63) is 65.7 Å². The van der Waals surface area contributed by atoms with Crippen LogP contribution >= 0.6 is 0 Å². The molecule has 0 spiro atoms. The van der Waals surface area contributed by atoms with Crippen LogP contribution in [-0.4, -0.2) is 31.6 Å². The average molecular weight is 408 g/mol. The summed E-state index contributed by atoms with van der Waals surface area (Å²) < 4.78 is 22.8. The van der Waals surface area contributed by atoms with Crippen LogP contribution in [0.3, 0.4) is 0 Å². The van der Waals surface area contributed by atoms with Crippen molar-refractivity contribution in [3.63, 3.8) is 0 Å². The number of hydrogen-bond donors (Lipinski definition) is 0. The molecule has 0 N–H and O–H groups in total. The van der Waals surface area contributed by atoms with Gasteiger partial charge in [-0.05, 0) is 73.7 Å². The second-order valence-electron chi connectivity index (χ2n) is 7.62. The number of benzene rings is 2. The molecule has 0 aromatic heterocycles. The normalized spacial score (nSPS) is 22.0. The van der Waals surface area contributed by atoms with E-state index in [1.807, 2.05) is 42.5 Å². The molecular formula is C25H28O5. The monoisotopic (exact) mass is 408 g/mol. The second-order valence-corrected chi connectivity index (χ2v) is 7.62. The average Bonchev–Trinajstić information content (AvgIpc) is 2.80. The van der Waals surface area contributed by atoms with Gasteiger partial charge < -0.3 is 18.9 Å². The van der Waals surface area contributed by atoms with Crippen LogP contribution in [0.15, 0.2) is 54.6 Å². The highest BCUT2D eigenvalue weighted by Gasteiger charge is 2.16. The van der Waals surface area contributed by atoms with E-state index in [1.54, 1.807) is 18.2 Å². The topological polar surface area (TPSA) is 54.0 Å². The van der Waals surface area contributed by atoms with Gasteiger partial charge in [0.05, 0.1) is 13.2 Å². The second kappa shape index (κ2) is 10.4. The lowest BCUT2D eigenvalue weighted by Crippen LogP contribution is -2.24. The van der Waals surface area contributed by atoms with Crippen molar-refractivity contribution < 1.29 is 23.7 Å². The van der Waals surface area contributed by atoms with Gasteiger partial charge >= 0.3 is 0 Å². The van der Waals surface area contributed by atoms with Crippen LogP contribution in [0.4, 0.5) is 0 Å². The molecular weight excluding hydrogens is 380 g/mol. The van der Waals surface area contributed by atoms with Crippen molar-refractivity contribution in [2.45, 2.75) is 51.1 Å². The van der Waals surface area contributed by atoms with Gasteiger partial charge in [0.25, 0.3) is 0 Å². The molecule has 5 heteroatoms. The predicted molar refractivity (Wildman–Crippen MR) is 115 cm³/mol. The summed E-state index contributed by atoms with van der Waals surface area (Å²) in [5.41, 5.74) is 1.56. The van der Waals surface area contributed by atoms with Crippen molar-refractivity contribution >= 4 is 11.9 Å². The Morgan fingerprint density at radius 2 is 1.30 bits per heavy atom. The Labute approximate surface area is 177 Å². The number of carbonyl (C=O) groups excluding carboxylic acids is 1. The molecule has 2 unspecified atom stereocenters. The molecule has 30 heavy (non-hydrogen) atoms. The molecule has 2 aromatic carbocycles. The first-order valence-electron chi connectivity index (χ1n) is 10.8. The molecule has 0 amide bonds. The fraction of sp³-hybridized carbons (Fsp3) is 0.400. The highest BCUT2D eigenvalue weighted by atomic mass is 16.7. The maximum atomic E-state index is 12.5. The van der Waals surface area contributed by atoms with E-state index in [-0.39, 0.29) is 18.4 Å². The largest absolute Gasteiger partial charge is 0.465 e. The van der Waals surface area contributed by atoms with Crippen molar-refractivity contribution in [3.8, 4) is 11.5 Å². The van der Waals surface area contributed by atoms with Gasteiger partial charge in [-0.25, -0.2) is 0 Å². The molecule has 158 valence electrons. The third-order valence-corrected chi connectivity index (χ3v) is 5.26. The summed E-state index contributed by atoms with van der Waals surface area (Å²) in [6.45, 7) is 1.50. The molecule has 2 atom stereocenters. The summed E-state index contributed by atoms with van der Waals surface area (Å²) in [4.78, 5) is 12.5. The number of allylic oxidation sites excluding steroid dienone is 1. The molecule has 2 saturated heterocycles. The lowest BCUT2D eigenvalue weighted by Gasteiger charge is -2.23. The Hall–Kier alpha value is -2.63. The summed E-state index contributed by atoms with van der Waals surface area (Å²) >= 11 is 0. The highest BCUT2D eigenvalue weighted by molar-refractivity contribution is 6.06. The number of hydrogen-bond acceptors (Lipinski definition) is 5. The first-order chi connectivity index (χ1) is 14.8. The van der Waals surface area contributed by atoms with Gasteiger partial charge in [0.15, 0.2) is 18.4 Å². The Bertz CT molecular complexity index is 829. The van der Waals surface area contributed by atoms with Gasteiger partial charge in [-0.15, -0.1) is 0 Å². The van der Waals surface area contributed by atoms with Crippen LogP contribution < -0.4 is 9.47 Å². The fourth-order valence-electron chi connectivity index (χ4n) is 3.54. The number of rotatable bonds is 7. The predicted octanol–water partition coefficient (Wildman–Crippen LogP) is 5.39. The summed E-state index contributed by atoms with van der Waals surface area (Å²) in [5, 5.41) is 0. The maximum absolute atomic E-state index is 12.5. The molecule has 0 radical (unpaired) electrons. The van der Waals surface area contributed by atoms with E-state index in [0.717, 1.165) is 68.8 Å². The van der Waals surface area contributed by atoms with Crippen LogP contribution in [0, 0.1) is 0 Å². The number of ether oxygens (including phenoxy) is 4. The van der Waals surface area contributed by atoms with Gasteiger partial charge in [0, 0.05) is 18.4 Å². The first kappa shape index (κ1) is 20.6. The zero-order valence-corrected chi connectivity index (χ0v) is 17.1. The molecule has 2 heterocycles. The van der Waals surface area contributed by atoms with Crippen LogP contribution in [-0.2, 0) is 9.47 Å². The van der Waals surface area contributed by atoms with Gasteiger partial charge in [-0.1, -0.05) is 18.2 Å². The van der Waals surface area contributed by atoms with E-state index < -0.39 is 0 Å². The molecule has 0 bridgehead atoms. The number of ketones is 1. The van der Waals surface area contributed by atoms with E-state index in [4.69, 9.17) is 18.9 Å². The Balaban J connectivity index is 1.29. The lowest BCUT2D eigenvalue weighted by atomic mass is 10.1. The molecule has 2 aliphatic rings. The first-order valence-corrected chi connectivity index (χ1v) is 10.8. The molecule has 2 aliphatic heterocycles. The SMILES string of the molecule is O=C(/C=C/c1ccc(OC2CCCCO2)cc1)c1ccc(OC2CCCCO2)cc1. The zero-order valence-electron chi connectivity index (χ0n) is 17.1. The van der Waals surface area contributed by atoms with Crippen LogP contribution in [0.1, 0.15) is 54.4 Å². The summed E-state index contributed by atoms with van der Waals surface area (Å²) in [6.07, 6.45) is 9.32. The van der Waals surface area contributed by atoms with Crippen LogP contribution in [0.25, 0.3) is 6.08 Å². The summed E-state index contributed by atoms with van der Waals surface area (Å²) in [5.74, 6) is 1.45. The minimum absolute atomic E-state index is 0.0496. The lowest BCUT2D eigenvalue weighted by molar-refractivity contribution is -0.106.